The second-order valence-corrected chi connectivity index (χ2v) is 8.55. The van der Waals surface area contributed by atoms with Gasteiger partial charge in [0.05, 0.1) is 0 Å². The largest absolute Gasteiger partial charge is 0.471 e. The summed E-state index contributed by atoms with van der Waals surface area (Å²) in [5.41, 5.74) is 7.09. The summed E-state index contributed by atoms with van der Waals surface area (Å²) in [5.74, 6) is -1.83. The summed E-state index contributed by atoms with van der Waals surface area (Å²) in [5, 5.41) is 3.30. The molecule has 174 valence electrons. The van der Waals surface area contributed by atoms with Crippen LogP contribution in [0.25, 0.3) is 0 Å². The molecule has 0 bridgehead atoms. The van der Waals surface area contributed by atoms with E-state index in [1.165, 1.54) is 30.3 Å². The molecule has 33 heavy (non-hydrogen) atoms. The molecule has 4 nitrogen and oxygen atoms in total. The van der Waals surface area contributed by atoms with Gasteiger partial charge in [0.2, 0.25) is 0 Å². The highest BCUT2D eigenvalue weighted by Gasteiger charge is 2.43. The van der Waals surface area contributed by atoms with Crippen molar-refractivity contribution in [3.8, 4) is 0 Å². The number of amides is 1. The van der Waals surface area contributed by atoms with Gasteiger partial charge in [0, 0.05) is 43.4 Å². The van der Waals surface area contributed by atoms with E-state index < -0.39 is 12.1 Å². The molecular formula is C26H28F3N3O. The minimum Gasteiger partial charge on any atom is -0.384 e. The Labute approximate surface area is 192 Å². The van der Waals surface area contributed by atoms with Crippen molar-refractivity contribution in [3.05, 3.63) is 82.7 Å². The van der Waals surface area contributed by atoms with Crippen molar-refractivity contribution in [1.29, 1.82) is 0 Å². The number of fused-ring (bicyclic) bond motifs is 2. The van der Waals surface area contributed by atoms with Gasteiger partial charge in [0.15, 0.2) is 0 Å². The first-order valence-corrected chi connectivity index (χ1v) is 11.2. The van der Waals surface area contributed by atoms with Crippen molar-refractivity contribution in [3.63, 3.8) is 0 Å². The fraction of sp³-hybridized carbons (Fsp3) is 0.346. The normalized spacial score (nSPS) is 18.0. The lowest BCUT2D eigenvalue weighted by atomic mass is 10.1. The molecule has 0 aromatic heterocycles. The Morgan fingerprint density at radius 2 is 1.70 bits per heavy atom. The number of allylic oxidation sites excluding steroid dienone is 2. The molecule has 5 rings (SSSR count). The topological polar surface area (TPSA) is 35.6 Å². The smallest absolute Gasteiger partial charge is 0.384 e. The van der Waals surface area contributed by atoms with Crippen LogP contribution in [0.15, 0.2) is 71.6 Å². The van der Waals surface area contributed by atoms with E-state index in [2.05, 4.69) is 40.5 Å². The Hall–Kier alpha value is -3.22. The maximum Gasteiger partial charge on any atom is 0.471 e. The number of likely N-dealkylation sites (N-methyl/N-ethyl adjacent to an activating group) is 1. The number of nitrogens with one attached hydrogen (secondary N) is 1. The van der Waals surface area contributed by atoms with Crippen LogP contribution in [0.5, 0.6) is 0 Å². The molecule has 1 amide bonds. The molecule has 7 heteroatoms. The van der Waals surface area contributed by atoms with Crippen molar-refractivity contribution < 1.29 is 18.0 Å². The zero-order chi connectivity index (χ0) is 23.6. The SMILES string of the molecule is CC1=C(N(C)C(=O)C(F)(F)F)/C(=C/N2CCc3ccccc32)CC1.c1ccc2c(c1)CCN2. The van der Waals surface area contributed by atoms with Crippen LogP contribution in [0.1, 0.15) is 30.9 Å². The Kier molecular flexibility index (Phi) is 6.49. The Bertz CT molecular complexity index is 1080. The molecule has 1 N–H and O–H groups in total. The number of carbonyl (C=O) groups excluding carboxylic acids is 1. The van der Waals surface area contributed by atoms with E-state index in [0.717, 1.165) is 41.2 Å². The molecule has 0 saturated carbocycles. The molecule has 2 heterocycles. The standard InChI is InChI=1S/C18H19F3N2O.C8H9N/c1-12-7-8-14(16(12)22(2)17(24)18(19,20)21)11-23-10-9-13-5-3-4-6-15(13)23;1-2-4-8-7(3-1)5-6-9-8/h3-6,11H,7-10H2,1-2H3;1-4,9H,5-6H2/b14-11+;. The van der Waals surface area contributed by atoms with Gasteiger partial charge in [-0.1, -0.05) is 36.4 Å². The van der Waals surface area contributed by atoms with Gasteiger partial charge >= 0.3 is 12.1 Å². The first kappa shape index (κ1) is 23.0. The average Bonchev–Trinajstić information content (AvgIpc) is 3.52. The predicted molar refractivity (Wildman–Crippen MR) is 125 cm³/mol. The lowest BCUT2D eigenvalue weighted by Gasteiger charge is -2.24. The number of nitrogens with zero attached hydrogens (tertiary/aromatic N) is 2. The van der Waals surface area contributed by atoms with Crippen LogP contribution in [0, 0.1) is 0 Å². The summed E-state index contributed by atoms with van der Waals surface area (Å²) in [6, 6.07) is 16.5. The van der Waals surface area contributed by atoms with Crippen LogP contribution in [0.2, 0.25) is 0 Å². The first-order chi connectivity index (χ1) is 15.8. The summed E-state index contributed by atoms with van der Waals surface area (Å²) in [6.45, 7) is 3.69. The maximum absolute atomic E-state index is 12.8. The zero-order valence-corrected chi connectivity index (χ0v) is 18.9. The molecular weight excluding hydrogens is 427 g/mol. The van der Waals surface area contributed by atoms with Gasteiger partial charge in [0.25, 0.3) is 0 Å². The number of hydrogen-bond acceptors (Lipinski definition) is 3. The monoisotopic (exact) mass is 455 g/mol. The number of rotatable bonds is 2. The van der Waals surface area contributed by atoms with E-state index in [4.69, 9.17) is 0 Å². The van der Waals surface area contributed by atoms with E-state index in [9.17, 15) is 18.0 Å². The molecule has 0 fully saturated rings. The molecule has 0 saturated heterocycles. The Morgan fingerprint density at radius 1 is 1.00 bits per heavy atom. The molecule has 2 aromatic carbocycles. The minimum atomic E-state index is -4.87. The highest BCUT2D eigenvalue weighted by atomic mass is 19.4. The van der Waals surface area contributed by atoms with Gasteiger partial charge in [-0.15, -0.1) is 0 Å². The van der Waals surface area contributed by atoms with Crippen LogP contribution in [-0.4, -0.2) is 37.1 Å². The van der Waals surface area contributed by atoms with E-state index >= 15 is 0 Å². The van der Waals surface area contributed by atoms with Crippen LogP contribution in [0.4, 0.5) is 24.5 Å². The second kappa shape index (κ2) is 9.33. The summed E-state index contributed by atoms with van der Waals surface area (Å²) in [6.07, 6.45) is 0.459. The number of anilines is 2. The first-order valence-electron chi connectivity index (χ1n) is 11.2. The summed E-state index contributed by atoms with van der Waals surface area (Å²) in [4.78, 5) is 14.4. The number of hydrogen-bond donors (Lipinski definition) is 1. The summed E-state index contributed by atoms with van der Waals surface area (Å²) in [7, 11) is 1.20. The fourth-order valence-corrected chi connectivity index (χ4v) is 4.68. The lowest BCUT2D eigenvalue weighted by Crippen LogP contribution is -2.38. The van der Waals surface area contributed by atoms with Gasteiger partial charge in [-0.2, -0.15) is 13.2 Å². The maximum atomic E-state index is 12.8. The summed E-state index contributed by atoms with van der Waals surface area (Å²) < 4.78 is 38.3. The molecule has 2 aromatic rings. The van der Waals surface area contributed by atoms with E-state index in [-0.39, 0.29) is 0 Å². The molecule has 0 atom stereocenters. The zero-order valence-electron chi connectivity index (χ0n) is 18.9. The lowest BCUT2D eigenvalue weighted by molar-refractivity contribution is -0.182. The van der Waals surface area contributed by atoms with Crippen LogP contribution in [-0.2, 0) is 17.6 Å². The van der Waals surface area contributed by atoms with Crippen molar-refractivity contribution >= 4 is 17.3 Å². The molecule has 2 aliphatic heterocycles. The Morgan fingerprint density at radius 3 is 2.42 bits per heavy atom. The number of halogens is 3. The molecule has 1 aliphatic carbocycles. The molecule has 0 radical (unpaired) electrons. The Balaban J connectivity index is 0.000000238. The van der Waals surface area contributed by atoms with Gasteiger partial charge in [-0.05, 0) is 67.0 Å². The quantitative estimate of drug-likeness (QED) is 0.633. The number of benzene rings is 2. The number of para-hydroxylation sites is 2. The third kappa shape index (κ3) is 4.92. The van der Waals surface area contributed by atoms with Crippen molar-refractivity contribution in [2.75, 3.05) is 30.4 Å². The second-order valence-electron chi connectivity index (χ2n) is 8.55. The molecule has 0 unspecified atom stereocenters. The highest BCUT2D eigenvalue weighted by molar-refractivity contribution is 5.84. The van der Waals surface area contributed by atoms with Crippen molar-refractivity contribution in [1.82, 2.24) is 4.90 Å². The highest BCUT2D eigenvalue weighted by Crippen LogP contribution is 2.37. The molecule has 3 aliphatic rings. The third-order valence-corrected chi connectivity index (χ3v) is 6.32. The van der Waals surface area contributed by atoms with E-state index in [1.807, 2.05) is 24.4 Å². The third-order valence-electron chi connectivity index (χ3n) is 6.32. The van der Waals surface area contributed by atoms with E-state index in [0.29, 0.717) is 18.5 Å². The van der Waals surface area contributed by atoms with Gasteiger partial charge in [-0.3, -0.25) is 4.79 Å². The number of alkyl halides is 3. The van der Waals surface area contributed by atoms with E-state index in [1.54, 1.807) is 6.92 Å². The van der Waals surface area contributed by atoms with Gasteiger partial charge < -0.3 is 15.1 Å². The van der Waals surface area contributed by atoms with Crippen LogP contribution in [0.3, 0.4) is 0 Å². The van der Waals surface area contributed by atoms with Crippen LogP contribution < -0.4 is 10.2 Å². The molecule has 0 spiro atoms. The van der Waals surface area contributed by atoms with Gasteiger partial charge in [-0.25, -0.2) is 0 Å². The fourth-order valence-electron chi connectivity index (χ4n) is 4.68. The number of carbonyl (C=O) groups is 1. The van der Waals surface area contributed by atoms with Crippen LogP contribution >= 0.6 is 0 Å². The minimum absolute atomic E-state index is 0.404. The van der Waals surface area contributed by atoms with Gasteiger partial charge in [0.1, 0.15) is 0 Å². The van der Waals surface area contributed by atoms with Crippen molar-refractivity contribution in [2.24, 2.45) is 0 Å². The predicted octanol–water partition coefficient (Wildman–Crippen LogP) is 5.68. The van der Waals surface area contributed by atoms with Crippen molar-refractivity contribution in [2.45, 2.75) is 38.8 Å². The summed E-state index contributed by atoms with van der Waals surface area (Å²) >= 11 is 0. The average molecular weight is 456 g/mol.